The molecule has 5 rings (SSSR count). The van der Waals surface area contributed by atoms with E-state index in [2.05, 4.69) is 22.5 Å². The minimum absolute atomic E-state index is 0.0982. The molecule has 0 unspecified atom stereocenters. The Morgan fingerprint density at radius 2 is 2.07 bits per heavy atom. The number of phenolic OH excluding ortho intramolecular Hbond substituents is 1. The van der Waals surface area contributed by atoms with Crippen LogP contribution in [-0.2, 0) is 6.54 Å². The molecule has 0 radical (unpaired) electrons. The number of fused-ring (bicyclic) bond motifs is 2. The van der Waals surface area contributed by atoms with Gasteiger partial charge in [0.15, 0.2) is 11.5 Å². The highest BCUT2D eigenvalue weighted by molar-refractivity contribution is 7.17. The van der Waals surface area contributed by atoms with Crippen LogP contribution in [0.1, 0.15) is 21.6 Å². The van der Waals surface area contributed by atoms with Crippen molar-refractivity contribution in [2.45, 2.75) is 13.5 Å². The van der Waals surface area contributed by atoms with Gasteiger partial charge in [0.25, 0.3) is 5.91 Å². The summed E-state index contributed by atoms with van der Waals surface area (Å²) in [6, 6.07) is 15.7. The molecule has 0 saturated heterocycles. The predicted molar refractivity (Wildman–Crippen MR) is 118 cm³/mol. The van der Waals surface area contributed by atoms with Gasteiger partial charge < -0.3 is 14.7 Å². The van der Waals surface area contributed by atoms with Crippen LogP contribution in [0.5, 0.6) is 11.5 Å². The highest BCUT2D eigenvalue weighted by Crippen LogP contribution is 2.41. The summed E-state index contributed by atoms with van der Waals surface area (Å²) < 4.78 is 7.02. The Hall–Kier alpha value is -3.38. The molecule has 2 aromatic heterocycles. The number of rotatable bonds is 2. The number of carbonyl (C=O) groups excluding carboxylic acids is 1. The number of ether oxygens (including phenoxy) is 1. The van der Waals surface area contributed by atoms with Crippen LogP contribution < -0.4 is 4.74 Å². The standard InChI is InChI=1S/C24H20N2O3S/c1-15-5-4-8-25-22(15)24(28)26-9-10-29-23-17(13-26)11-16(12-20(23)27)19-14-30-21-7-3-2-6-18(19)21/h2-8,11-12,14,27H,9-10,13H2,1H3. The van der Waals surface area contributed by atoms with Crippen molar-refractivity contribution in [3.63, 3.8) is 0 Å². The molecule has 2 aromatic carbocycles. The molecular formula is C24H20N2O3S. The van der Waals surface area contributed by atoms with E-state index in [9.17, 15) is 9.90 Å². The van der Waals surface area contributed by atoms with E-state index in [0.717, 1.165) is 27.6 Å². The fourth-order valence-electron chi connectivity index (χ4n) is 3.89. The minimum Gasteiger partial charge on any atom is -0.504 e. The smallest absolute Gasteiger partial charge is 0.273 e. The second kappa shape index (κ2) is 7.46. The molecule has 5 nitrogen and oxygen atoms in total. The zero-order valence-electron chi connectivity index (χ0n) is 16.5. The number of hydrogen-bond donors (Lipinski definition) is 1. The fraction of sp³-hybridized carbons (Fsp3) is 0.167. The molecule has 6 heteroatoms. The van der Waals surface area contributed by atoms with Gasteiger partial charge in [-0.2, -0.15) is 0 Å². The van der Waals surface area contributed by atoms with Gasteiger partial charge in [-0.25, -0.2) is 0 Å². The van der Waals surface area contributed by atoms with E-state index in [1.165, 1.54) is 4.70 Å². The van der Waals surface area contributed by atoms with Gasteiger partial charge in [0.2, 0.25) is 0 Å². The Bertz CT molecular complexity index is 1260. The molecule has 1 N–H and O–H groups in total. The van der Waals surface area contributed by atoms with Crippen molar-refractivity contribution in [1.29, 1.82) is 0 Å². The summed E-state index contributed by atoms with van der Waals surface area (Å²) in [4.78, 5) is 19.1. The number of thiophene rings is 1. The summed E-state index contributed by atoms with van der Waals surface area (Å²) in [6.45, 7) is 2.99. The Morgan fingerprint density at radius 3 is 2.93 bits per heavy atom. The van der Waals surface area contributed by atoms with Gasteiger partial charge in [-0.05, 0) is 47.7 Å². The van der Waals surface area contributed by atoms with Crippen LogP contribution >= 0.6 is 11.3 Å². The van der Waals surface area contributed by atoms with Crippen LogP contribution in [0.4, 0.5) is 0 Å². The number of aromatic hydroxyl groups is 1. The van der Waals surface area contributed by atoms with Crippen molar-refractivity contribution in [2.75, 3.05) is 13.2 Å². The van der Waals surface area contributed by atoms with Gasteiger partial charge in [-0.3, -0.25) is 9.78 Å². The molecule has 0 atom stereocenters. The van der Waals surface area contributed by atoms with Crippen molar-refractivity contribution in [3.05, 3.63) is 76.9 Å². The van der Waals surface area contributed by atoms with Crippen molar-refractivity contribution in [3.8, 4) is 22.6 Å². The van der Waals surface area contributed by atoms with Crippen LogP contribution in [0.15, 0.2) is 60.1 Å². The van der Waals surface area contributed by atoms with Crippen LogP contribution in [0, 0.1) is 6.92 Å². The van der Waals surface area contributed by atoms with E-state index < -0.39 is 0 Å². The first-order valence-corrected chi connectivity index (χ1v) is 10.7. The molecular weight excluding hydrogens is 396 g/mol. The lowest BCUT2D eigenvalue weighted by Crippen LogP contribution is -2.33. The summed E-state index contributed by atoms with van der Waals surface area (Å²) in [7, 11) is 0. The maximum Gasteiger partial charge on any atom is 0.273 e. The second-order valence-corrected chi connectivity index (χ2v) is 8.28. The largest absolute Gasteiger partial charge is 0.504 e. The average molecular weight is 417 g/mol. The maximum atomic E-state index is 13.1. The number of nitrogens with zero attached hydrogens (tertiary/aromatic N) is 2. The Kier molecular flexibility index (Phi) is 4.64. The van der Waals surface area contributed by atoms with Crippen LogP contribution in [-0.4, -0.2) is 34.0 Å². The van der Waals surface area contributed by atoms with Crippen LogP contribution in [0.2, 0.25) is 0 Å². The number of phenols is 1. The highest BCUT2D eigenvalue weighted by Gasteiger charge is 2.25. The first-order chi connectivity index (χ1) is 14.6. The summed E-state index contributed by atoms with van der Waals surface area (Å²) in [5, 5.41) is 13.9. The van der Waals surface area contributed by atoms with E-state index in [4.69, 9.17) is 4.74 Å². The number of benzene rings is 2. The van der Waals surface area contributed by atoms with Crippen molar-refractivity contribution in [1.82, 2.24) is 9.88 Å². The van der Waals surface area contributed by atoms with Gasteiger partial charge in [-0.15, -0.1) is 11.3 Å². The summed E-state index contributed by atoms with van der Waals surface area (Å²) >= 11 is 1.67. The lowest BCUT2D eigenvalue weighted by Gasteiger charge is -2.20. The highest BCUT2D eigenvalue weighted by atomic mass is 32.1. The first kappa shape index (κ1) is 18.6. The second-order valence-electron chi connectivity index (χ2n) is 7.37. The number of hydrogen-bond acceptors (Lipinski definition) is 5. The molecule has 0 spiro atoms. The molecule has 1 amide bonds. The molecule has 30 heavy (non-hydrogen) atoms. The van der Waals surface area contributed by atoms with Gasteiger partial charge in [0.1, 0.15) is 12.3 Å². The van der Waals surface area contributed by atoms with E-state index in [1.54, 1.807) is 28.5 Å². The number of pyridine rings is 1. The molecule has 0 saturated carbocycles. The zero-order valence-corrected chi connectivity index (χ0v) is 17.3. The van der Waals surface area contributed by atoms with E-state index >= 15 is 0 Å². The van der Waals surface area contributed by atoms with Gasteiger partial charge in [0.05, 0.1) is 6.54 Å². The van der Waals surface area contributed by atoms with Gasteiger partial charge in [-0.1, -0.05) is 24.3 Å². The van der Waals surface area contributed by atoms with E-state index in [-0.39, 0.29) is 11.7 Å². The van der Waals surface area contributed by atoms with E-state index in [1.807, 2.05) is 37.3 Å². The molecule has 150 valence electrons. The normalized spacial score (nSPS) is 13.6. The summed E-state index contributed by atoms with van der Waals surface area (Å²) in [5.41, 5.74) is 4.06. The van der Waals surface area contributed by atoms with Crippen LogP contribution in [0.3, 0.4) is 0 Å². The number of carbonyl (C=O) groups is 1. The lowest BCUT2D eigenvalue weighted by atomic mass is 10.0. The first-order valence-electron chi connectivity index (χ1n) is 9.78. The SMILES string of the molecule is Cc1cccnc1C(=O)N1CCOc2c(O)cc(-c3csc4ccccc34)cc2C1. The topological polar surface area (TPSA) is 62.7 Å². The van der Waals surface area contributed by atoms with Gasteiger partial charge >= 0.3 is 0 Å². The van der Waals surface area contributed by atoms with Gasteiger partial charge in [0, 0.05) is 34.0 Å². The third-order valence-electron chi connectivity index (χ3n) is 5.41. The summed E-state index contributed by atoms with van der Waals surface area (Å²) in [5.74, 6) is 0.419. The molecule has 0 bridgehead atoms. The molecule has 4 aromatic rings. The Morgan fingerprint density at radius 1 is 1.20 bits per heavy atom. The maximum absolute atomic E-state index is 13.1. The molecule has 1 aliphatic rings. The van der Waals surface area contributed by atoms with Crippen molar-refractivity contribution in [2.24, 2.45) is 0 Å². The van der Waals surface area contributed by atoms with Crippen molar-refractivity contribution < 1.29 is 14.6 Å². The molecule has 3 heterocycles. The summed E-state index contributed by atoms with van der Waals surface area (Å²) in [6.07, 6.45) is 1.63. The fourth-order valence-corrected chi connectivity index (χ4v) is 4.86. The number of amides is 1. The number of aromatic nitrogens is 1. The van der Waals surface area contributed by atoms with Crippen molar-refractivity contribution >= 4 is 27.3 Å². The third-order valence-corrected chi connectivity index (χ3v) is 6.37. The Balaban J connectivity index is 1.55. The quantitative estimate of drug-likeness (QED) is 0.499. The lowest BCUT2D eigenvalue weighted by molar-refractivity contribution is 0.0726. The monoisotopic (exact) mass is 416 g/mol. The minimum atomic E-state index is -0.129. The molecule has 1 aliphatic heterocycles. The zero-order chi connectivity index (χ0) is 20.7. The van der Waals surface area contributed by atoms with Crippen LogP contribution in [0.25, 0.3) is 21.2 Å². The average Bonchev–Trinajstić information content (AvgIpc) is 3.06. The Labute approximate surface area is 178 Å². The molecule has 0 aliphatic carbocycles. The predicted octanol–water partition coefficient (Wildman–Crippen LogP) is 5.01. The molecule has 0 fully saturated rings. The number of aryl methyl sites for hydroxylation is 1. The van der Waals surface area contributed by atoms with E-state index in [0.29, 0.717) is 31.1 Å². The third kappa shape index (κ3) is 3.19.